The maximum Gasteiger partial charge on any atom is 0.164 e. The Hall–Kier alpha value is -7.23. The fraction of sp³-hybridized carbons (Fsp3) is 0.0192. The lowest BCUT2D eigenvalue weighted by atomic mass is 9.70. The molecular formula is C52H31N3. The molecule has 0 amide bonds. The highest BCUT2D eigenvalue weighted by Crippen LogP contribution is 2.63. The zero-order chi connectivity index (χ0) is 36.1. The first kappa shape index (κ1) is 30.3. The van der Waals surface area contributed by atoms with E-state index >= 15 is 0 Å². The van der Waals surface area contributed by atoms with Crippen molar-refractivity contribution in [2.24, 2.45) is 0 Å². The first-order chi connectivity index (χ1) is 27.3. The van der Waals surface area contributed by atoms with E-state index in [4.69, 9.17) is 15.0 Å². The lowest BCUT2D eigenvalue weighted by molar-refractivity contribution is 0.797. The molecule has 0 unspecified atom stereocenters. The van der Waals surface area contributed by atoms with E-state index in [0.717, 1.165) is 33.0 Å². The zero-order valence-electron chi connectivity index (χ0n) is 29.7. The summed E-state index contributed by atoms with van der Waals surface area (Å²) < 4.78 is 0. The number of benzene rings is 9. The van der Waals surface area contributed by atoms with E-state index in [1.165, 1.54) is 60.5 Å². The second-order valence-electron chi connectivity index (χ2n) is 14.7. The van der Waals surface area contributed by atoms with Gasteiger partial charge in [-0.3, -0.25) is 0 Å². The van der Waals surface area contributed by atoms with Crippen LogP contribution in [-0.2, 0) is 5.41 Å². The standard InChI is InChI=1S/C52H31N3/c1-2-13-36(14-3-1)49-53-50(55-51(54-49)40-21-8-15-32-12-4-5-18-38(32)40)37-30-26-33(27-31-37)39-20-11-25-45-48(39)41-19-6-7-22-42(41)52(45)43-23-9-16-34-28-29-35-17-10-24-44(52)47(35)46(34)43/h1-31H. The van der Waals surface area contributed by atoms with E-state index in [-0.39, 0.29) is 5.41 Å². The van der Waals surface area contributed by atoms with Crippen LogP contribution >= 0.6 is 0 Å². The molecule has 3 nitrogen and oxygen atoms in total. The van der Waals surface area contributed by atoms with Crippen molar-refractivity contribution >= 4 is 32.3 Å². The SMILES string of the molecule is c1ccc(-c2nc(-c3ccc(-c4cccc5c4-c4ccccc4C54c5cccc6ccc7cccc4c7c56)cc3)nc(-c3cccc4ccccc34)n2)cc1. The molecule has 0 radical (unpaired) electrons. The number of aromatic nitrogens is 3. The van der Waals surface area contributed by atoms with Crippen LogP contribution in [0, 0.1) is 0 Å². The summed E-state index contributed by atoms with van der Waals surface area (Å²) in [5.41, 5.74) is 12.9. The van der Waals surface area contributed by atoms with Crippen LogP contribution in [0.25, 0.3) is 88.7 Å². The molecule has 10 aromatic rings. The number of fused-ring (bicyclic) bond motifs is 8. The summed E-state index contributed by atoms with van der Waals surface area (Å²) in [5.74, 6) is 1.97. The summed E-state index contributed by atoms with van der Waals surface area (Å²) in [5, 5.41) is 7.62. The fourth-order valence-electron chi connectivity index (χ4n) is 9.64. The predicted molar refractivity (Wildman–Crippen MR) is 225 cm³/mol. The van der Waals surface area contributed by atoms with Crippen molar-refractivity contribution in [2.45, 2.75) is 5.41 Å². The Morgan fingerprint density at radius 2 is 0.782 bits per heavy atom. The average Bonchev–Trinajstić information content (AvgIpc) is 3.74. The molecule has 0 N–H and O–H groups in total. The summed E-state index contributed by atoms with van der Waals surface area (Å²) in [6, 6.07) is 67.9. The highest BCUT2D eigenvalue weighted by atomic mass is 15.0. The molecule has 55 heavy (non-hydrogen) atoms. The van der Waals surface area contributed by atoms with Crippen molar-refractivity contribution < 1.29 is 0 Å². The van der Waals surface area contributed by atoms with Crippen LogP contribution in [0.3, 0.4) is 0 Å². The minimum atomic E-state index is -0.388. The summed E-state index contributed by atoms with van der Waals surface area (Å²) in [6.45, 7) is 0. The Bertz CT molecular complexity index is 3130. The molecule has 2 aliphatic carbocycles. The normalized spacial score (nSPS) is 13.2. The van der Waals surface area contributed by atoms with Gasteiger partial charge in [-0.2, -0.15) is 0 Å². The molecule has 9 aromatic carbocycles. The number of hydrogen-bond acceptors (Lipinski definition) is 3. The lowest BCUT2D eigenvalue weighted by Gasteiger charge is -2.31. The Labute approximate surface area is 318 Å². The van der Waals surface area contributed by atoms with Crippen molar-refractivity contribution in [1.82, 2.24) is 15.0 Å². The van der Waals surface area contributed by atoms with Crippen LogP contribution < -0.4 is 0 Å². The van der Waals surface area contributed by atoms with Crippen LogP contribution in [0.5, 0.6) is 0 Å². The van der Waals surface area contributed by atoms with Gasteiger partial charge in [0.15, 0.2) is 17.5 Å². The first-order valence-corrected chi connectivity index (χ1v) is 18.9. The van der Waals surface area contributed by atoms with Crippen molar-refractivity contribution in [3.8, 4) is 56.4 Å². The molecule has 0 fully saturated rings. The number of rotatable bonds is 4. The highest BCUT2D eigenvalue weighted by molar-refractivity contribution is 6.17. The van der Waals surface area contributed by atoms with Crippen LogP contribution in [0.4, 0.5) is 0 Å². The molecule has 254 valence electrons. The van der Waals surface area contributed by atoms with Crippen molar-refractivity contribution in [3.05, 3.63) is 210 Å². The largest absolute Gasteiger partial charge is 0.208 e. The fourth-order valence-corrected chi connectivity index (χ4v) is 9.64. The van der Waals surface area contributed by atoms with Gasteiger partial charge in [0.2, 0.25) is 0 Å². The predicted octanol–water partition coefficient (Wildman–Crippen LogP) is 12.7. The van der Waals surface area contributed by atoms with Gasteiger partial charge >= 0.3 is 0 Å². The number of nitrogens with zero attached hydrogens (tertiary/aromatic N) is 3. The van der Waals surface area contributed by atoms with Crippen molar-refractivity contribution in [2.75, 3.05) is 0 Å². The van der Waals surface area contributed by atoms with Gasteiger partial charge in [-0.25, -0.2) is 15.0 Å². The summed E-state index contributed by atoms with van der Waals surface area (Å²) in [4.78, 5) is 15.2. The molecule has 1 heterocycles. The van der Waals surface area contributed by atoms with Gasteiger partial charge in [0.25, 0.3) is 0 Å². The third kappa shape index (κ3) is 4.18. The Morgan fingerprint density at radius 1 is 0.291 bits per heavy atom. The average molecular weight is 698 g/mol. The van der Waals surface area contributed by atoms with E-state index in [1.807, 2.05) is 18.2 Å². The van der Waals surface area contributed by atoms with Gasteiger partial charge < -0.3 is 0 Å². The second-order valence-corrected chi connectivity index (χ2v) is 14.7. The van der Waals surface area contributed by atoms with E-state index in [9.17, 15) is 0 Å². The van der Waals surface area contributed by atoms with Crippen molar-refractivity contribution in [1.29, 1.82) is 0 Å². The Morgan fingerprint density at radius 3 is 1.55 bits per heavy atom. The molecule has 1 spiro atoms. The first-order valence-electron chi connectivity index (χ1n) is 18.9. The van der Waals surface area contributed by atoms with Crippen LogP contribution in [0.2, 0.25) is 0 Å². The minimum Gasteiger partial charge on any atom is -0.208 e. The van der Waals surface area contributed by atoms with Gasteiger partial charge in [0, 0.05) is 16.7 Å². The maximum absolute atomic E-state index is 5.12. The molecule has 0 bridgehead atoms. The second kappa shape index (κ2) is 11.4. The van der Waals surface area contributed by atoms with Gasteiger partial charge in [0.05, 0.1) is 5.41 Å². The minimum absolute atomic E-state index is 0.388. The molecule has 0 saturated heterocycles. The van der Waals surface area contributed by atoms with E-state index < -0.39 is 0 Å². The van der Waals surface area contributed by atoms with Gasteiger partial charge in [-0.15, -0.1) is 0 Å². The Balaban J connectivity index is 1.03. The Kier molecular flexibility index (Phi) is 6.26. The topological polar surface area (TPSA) is 38.7 Å². The van der Waals surface area contributed by atoms with Gasteiger partial charge in [-0.1, -0.05) is 188 Å². The monoisotopic (exact) mass is 697 g/mol. The zero-order valence-corrected chi connectivity index (χ0v) is 29.7. The molecule has 0 atom stereocenters. The van der Waals surface area contributed by atoms with Gasteiger partial charge in [-0.05, 0) is 76.8 Å². The molecule has 3 heteroatoms. The molecule has 0 aliphatic heterocycles. The molecule has 12 rings (SSSR count). The molecule has 0 saturated carbocycles. The molecular weight excluding hydrogens is 667 g/mol. The van der Waals surface area contributed by atoms with Crippen LogP contribution in [0.1, 0.15) is 22.3 Å². The third-order valence-corrected chi connectivity index (χ3v) is 11.9. The smallest absolute Gasteiger partial charge is 0.164 e. The lowest BCUT2D eigenvalue weighted by Crippen LogP contribution is -2.26. The number of hydrogen-bond donors (Lipinski definition) is 0. The summed E-state index contributed by atoms with van der Waals surface area (Å²) in [7, 11) is 0. The summed E-state index contributed by atoms with van der Waals surface area (Å²) >= 11 is 0. The highest BCUT2D eigenvalue weighted by Gasteiger charge is 2.51. The maximum atomic E-state index is 5.12. The molecule has 1 aromatic heterocycles. The third-order valence-electron chi connectivity index (χ3n) is 11.9. The van der Waals surface area contributed by atoms with E-state index in [2.05, 4.69) is 170 Å². The van der Waals surface area contributed by atoms with E-state index in [1.54, 1.807) is 0 Å². The van der Waals surface area contributed by atoms with Crippen LogP contribution in [-0.4, -0.2) is 15.0 Å². The summed E-state index contributed by atoms with van der Waals surface area (Å²) in [6.07, 6.45) is 0. The van der Waals surface area contributed by atoms with Crippen molar-refractivity contribution in [3.63, 3.8) is 0 Å². The van der Waals surface area contributed by atoms with Crippen LogP contribution in [0.15, 0.2) is 188 Å². The molecule has 2 aliphatic rings. The van der Waals surface area contributed by atoms with Gasteiger partial charge in [0.1, 0.15) is 0 Å². The quantitative estimate of drug-likeness (QED) is 0.172. The van der Waals surface area contributed by atoms with E-state index in [0.29, 0.717) is 17.5 Å².